The van der Waals surface area contributed by atoms with Gasteiger partial charge in [0.05, 0.1) is 12.2 Å². The number of carbonyl (C=O) groups is 3. The lowest BCUT2D eigenvalue weighted by Crippen LogP contribution is -2.52. The van der Waals surface area contributed by atoms with Crippen LogP contribution in [0.1, 0.15) is 65.4 Å². The van der Waals surface area contributed by atoms with Gasteiger partial charge in [-0.2, -0.15) is 0 Å². The van der Waals surface area contributed by atoms with E-state index in [0.717, 1.165) is 19.3 Å². The van der Waals surface area contributed by atoms with Crippen molar-refractivity contribution in [3.8, 4) is 0 Å². The predicted molar refractivity (Wildman–Crippen MR) is 124 cm³/mol. The third-order valence-corrected chi connectivity index (χ3v) is 6.70. The molecule has 1 aliphatic carbocycles. The Morgan fingerprint density at radius 3 is 2.58 bits per heavy atom. The fraction of sp³-hybridized carbons (Fsp3) is 0.500. The zero-order chi connectivity index (χ0) is 24.0. The van der Waals surface area contributed by atoms with Crippen LogP contribution >= 0.6 is 0 Å². The van der Waals surface area contributed by atoms with Gasteiger partial charge in [-0.25, -0.2) is 4.79 Å². The number of Topliss-reactive ketones (excluding diaryl/α,β-unsaturated/α-hetero) is 1. The molecular weight excluding hydrogens is 420 g/mol. The number of anilines is 1. The van der Waals surface area contributed by atoms with Gasteiger partial charge < -0.3 is 20.1 Å². The Balaban J connectivity index is 2.01. The number of hydrogen-bond acceptors (Lipinski definition) is 6. The average Bonchev–Trinajstić information content (AvgIpc) is 2.96. The molecule has 33 heavy (non-hydrogen) atoms. The zero-order valence-corrected chi connectivity index (χ0v) is 19.8. The second-order valence-corrected chi connectivity index (χ2v) is 9.73. The lowest BCUT2D eigenvalue weighted by atomic mass is 9.62. The number of ketones is 1. The Hall–Kier alpha value is -3.09. The van der Waals surface area contributed by atoms with Gasteiger partial charge in [0.25, 0.3) is 0 Å². The monoisotopic (exact) mass is 452 g/mol. The molecule has 0 radical (unpaired) electrons. The molecule has 1 atom stereocenters. The van der Waals surface area contributed by atoms with Gasteiger partial charge in [0.1, 0.15) is 16.7 Å². The maximum atomic E-state index is 14.3. The summed E-state index contributed by atoms with van der Waals surface area (Å²) in [5.41, 5.74) is 5.75. The Bertz CT molecular complexity index is 1080. The van der Waals surface area contributed by atoms with E-state index in [9.17, 15) is 14.4 Å². The number of nitrogens with zero attached hydrogens (tertiary/aromatic N) is 1. The van der Waals surface area contributed by atoms with Crippen LogP contribution in [0.4, 0.5) is 5.69 Å². The van der Waals surface area contributed by atoms with Gasteiger partial charge in [0, 0.05) is 30.6 Å². The number of fused-ring (bicyclic) bond motifs is 3. The first-order valence-electron chi connectivity index (χ1n) is 11.7. The molecule has 2 N–H and O–H groups in total. The molecule has 3 aliphatic rings. The molecule has 1 aromatic carbocycles. The number of nitrogens with two attached hydrogens (primary N) is 1. The Kier molecular flexibility index (Phi) is 5.85. The first-order chi connectivity index (χ1) is 15.7. The van der Waals surface area contributed by atoms with Gasteiger partial charge in [-0.05, 0) is 24.8 Å². The number of para-hydroxylation sites is 1. The Labute approximate surface area is 194 Å². The highest BCUT2D eigenvalue weighted by atomic mass is 16.5. The van der Waals surface area contributed by atoms with Gasteiger partial charge in [0.15, 0.2) is 5.78 Å². The summed E-state index contributed by atoms with van der Waals surface area (Å²) >= 11 is 0. The number of benzene rings is 1. The number of rotatable bonds is 6. The fourth-order valence-electron chi connectivity index (χ4n) is 5.40. The van der Waals surface area contributed by atoms with Crippen molar-refractivity contribution in [2.75, 3.05) is 18.1 Å². The van der Waals surface area contributed by atoms with Crippen LogP contribution in [0.5, 0.6) is 0 Å². The molecule has 1 unspecified atom stereocenters. The summed E-state index contributed by atoms with van der Waals surface area (Å²) < 4.78 is 11.2. The van der Waals surface area contributed by atoms with E-state index in [2.05, 4.69) is 6.92 Å². The predicted octanol–water partition coefficient (Wildman–Crippen LogP) is 3.87. The standard InChI is InChI=1S/C26H32N2O5/c1-5-7-10-13-28-17-12-9-8-11-16(17)26(24(28)31)20-18(29)14-25(3,4)15-19(20)33-22(27)21(26)23(30)32-6-2/h8-9,11-12H,5-7,10,13-15,27H2,1-4H3. The SMILES string of the molecule is CCCCCN1C(=O)C2(C(C(=O)OCC)=C(N)OC3=C2C(=O)CC(C)(C)C3)c2ccccc21. The van der Waals surface area contributed by atoms with Crippen LogP contribution in [0.25, 0.3) is 0 Å². The number of ether oxygens (including phenoxy) is 2. The molecule has 1 spiro atoms. The summed E-state index contributed by atoms with van der Waals surface area (Å²) in [5.74, 6) is -1.07. The highest BCUT2D eigenvalue weighted by Gasteiger charge is 2.64. The molecule has 1 aromatic rings. The highest BCUT2D eigenvalue weighted by Crippen LogP contribution is 2.57. The van der Waals surface area contributed by atoms with Gasteiger partial charge in [-0.3, -0.25) is 9.59 Å². The van der Waals surface area contributed by atoms with Crippen LogP contribution in [0.2, 0.25) is 0 Å². The number of carbonyl (C=O) groups excluding carboxylic acids is 3. The molecule has 0 saturated carbocycles. The van der Waals surface area contributed by atoms with Crippen LogP contribution in [-0.4, -0.2) is 30.8 Å². The van der Waals surface area contributed by atoms with Crippen LogP contribution in [0.15, 0.2) is 47.1 Å². The summed E-state index contributed by atoms with van der Waals surface area (Å²) in [7, 11) is 0. The van der Waals surface area contributed by atoms with E-state index >= 15 is 0 Å². The molecule has 2 aliphatic heterocycles. The zero-order valence-electron chi connectivity index (χ0n) is 19.8. The lowest BCUT2D eigenvalue weighted by molar-refractivity contribution is -0.141. The van der Waals surface area contributed by atoms with Gasteiger partial charge >= 0.3 is 5.97 Å². The van der Waals surface area contributed by atoms with Crippen LogP contribution in [0.3, 0.4) is 0 Å². The molecule has 7 heteroatoms. The molecule has 7 nitrogen and oxygen atoms in total. The van der Waals surface area contributed by atoms with E-state index in [4.69, 9.17) is 15.2 Å². The topological polar surface area (TPSA) is 98.9 Å². The fourth-order valence-corrected chi connectivity index (χ4v) is 5.40. The minimum absolute atomic E-state index is 0.0911. The molecule has 0 aromatic heterocycles. The van der Waals surface area contributed by atoms with Gasteiger partial charge in [-0.1, -0.05) is 51.8 Å². The molecule has 176 valence electrons. The number of unbranched alkanes of at least 4 members (excludes halogenated alkanes) is 2. The third-order valence-electron chi connectivity index (χ3n) is 6.70. The quantitative estimate of drug-likeness (QED) is 0.520. The maximum absolute atomic E-state index is 14.3. The van der Waals surface area contributed by atoms with Gasteiger partial charge in [0.2, 0.25) is 11.8 Å². The Morgan fingerprint density at radius 2 is 1.88 bits per heavy atom. The number of hydrogen-bond donors (Lipinski definition) is 1. The van der Waals surface area contributed by atoms with Crippen LogP contribution in [0, 0.1) is 5.41 Å². The summed E-state index contributed by atoms with van der Waals surface area (Å²) in [6.45, 7) is 8.34. The van der Waals surface area contributed by atoms with Crippen molar-refractivity contribution in [2.24, 2.45) is 11.1 Å². The van der Waals surface area contributed by atoms with Crippen molar-refractivity contribution in [1.82, 2.24) is 0 Å². The molecular formula is C26H32N2O5. The minimum atomic E-state index is -1.65. The second-order valence-electron chi connectivity index (χ2n) is 9.73. The van der Waals surface area contributed by atoms with Crippen LogP contribution in [-0.2, 0) is 29.3 Å². The third kappa shape index (κ3) is 3.45. The Morgan fingerprint density at radius 1 is 1.15 bits per heavy atom. The molecule has 1 amide bonds. The maximum Gasteiger partial charge on any atom is 0.341 e. The van der Waals surface area contributed by atoms with E-state index in [1.165, 1.54) is 0 Å². The normalized spacial score (nSPS) is 23.6. The number of allylic oxidation sites excluding steroid dienone is 1. The lowest BCUT2D eigenvalue weighted by Gasteiger charge is -2.42. The summed E-state index contributed by atoms with van der Waals surface area (Å²) in [4.78, 5) is 42.9. The smallest absolute Gasteiger partial charge is 0.341 e. The molecule has 0 saturated heterocycles. The van der Waals surface area contributed by atoms with Crippen molar-refractivity contribution in [3.63, 3.8) is 0 Å². The van der Waals surface area contributed by atoms with Crippen molar-refractivity contribution < 1.29 is 23.9 Å². The number of amides is 1. The first kappa shape index (κ1) is 23.1. The number of esters is 1. The van der Waals surface area contributed by atoms with Crippen molar-refractivity contribution in [2.45, 2.75) is 65.2 Å². The summed E-state index contributed by atoms with van der Waals surface area (Å²) in [6, 6.07) is 7.34. The van der Waals surface area contributed by atoms with E-state index < -0.39 is 11.4 Å². The van der Waals surface area contributed by atoms with Crippen LogP contribution < -0.4 is 10.6 Å². The minimum Gasteiger partial charge on any atom is -0.462 e. The first-order valence-corrected chi connectivity index (χ1v) is 11.7. The summed E-state index contributed by atoms with van der Waals surface area (Å²) in [5, 5.41) is 0. The summed E-state index contributed by atoms with van der Waals surface area (Å²) in [6.07, 6.45) is 3.47. The molecule has 0 fully saturated rings. The van der Waals surface area contributed by atoms with Crippen molar-refractivity contribution in [1.29, 1.82) is 0 Å². The van der Waals surface area contributed by atoms with E-state index in [0.29, 0.717) is 30.0 Å². The van der Waals surface area contributed by atoms with E-state index in [-0.39, 0.29) is 47.2 Å². The largest absolute Gasteiger partial charge is 0.462 e. The van der Waals surface area contributed by atoms with Crippen molar-refractivity contribution in [3.05, 3.63) is 52.6 Å². The van der Waals surface area contributed by atoms with Gasteiger partial charge in [-0.15, -0.1) is 0 Å². The molecule has 4 rings (SSSR count). The second kappa shape index (κ2) is 8.36. The van der Waals surface area contributed by atoms with E-state index in [1.54, 1.807) is 11.8 Å². The van der Waals surface area contributed by atoms with Crippen molar-refractivity contribution >= 4 is 23.3 Å². The molecule has 0 bridgehead atoms. The molecule has 2 heterocycles. The van der Waals surface area contributed by atoms with E-state index in [1.807, 2.05) is 38.1 Å². The average molecular weight is 453 g/mol. The highest BCUT2D eigenvalue weighted by molar-refractivity contribution is 6.23.